The highest BCUT2D eigenvalue weighted by Gasteiger charge is 2.30. The zero-order chi connectivity index (χ0) is 22.2. The van der Waals surface area contributed by atoms with Crippen LogP contribution in [-0.4, -0.2) is 27.8 Å². The first-order valence-electron chi connectivity index (χ1n) is 9.22. The monoisotopic (exact) mass is 426 g/mol. The molecule has 0 atom stereocenters. The van der Waals surface area contributed by atoms with E-state index in [0.29, 0.717) is 22.5 Å². The molecule has 2 aromatic heterocycles. The fraction of sp³-hybridized carbons (Fsp3) is 0.136. The Labute approximate surface area is 175 Å². The second kappa shape index (κ2) is 7.75. The van der Waals surface area contributed by atoms with Crippen LogP contribution in [0.1, 0.15) is 15.9 Å². The number of ether oxygens (including phenoxy) is 1. The second-order valence-corrected chi connectivity index (χ2v) is 6.82. The third-order valence-corrected chi connectivity index (χ3v) is 4.78. The van der Waals surface area contributed by atoms with Crippen molar-refractivity contribution in [3.05, 3.63) is 71.9 Å². The number of carbonyl (C=O) groups excluding carboxylic acids is 1. The van der Waals surface area contributed by atoms with Crippen molar-refractivity contribution in [3.63, 3.8) is 0 Å². The van der Waals surface area contributed by atoms with Gasteiger partial charge in [0.1, 0.15) is 5.75 Å². The summed E-state index contributed by atoms with van der Waals surface area (Å²) >= 11 is 0. The summed E-state index contributed by atoms with van der Waals surface area (Å²) in [7, 11) is 3.26. The highest BCUT2D eigenvalue weighted by Crippen LogP contribution is 2.31. The number of nitrogens with one attached hydrogen (secondary N) is 1. The summed E-state index contributed by atoms with van der Waals surface area (Å²) in [5.74, 6) is 0.113. The smallest absolute Gasteiger partial charge is 0.416 e. The SMILES string of the molecule is COc1ccc(-c2cc(C(=O)Nc3cccc(C(F)(F)F)c3)c3cnn(C)c3n2)cc1. The molecule has 0 radical (unpaired) electrons. The molecule has 0 unspecified atom stereocenters. The van der Waals surface area contributed by atoms with E-state index in [0.717, 1.165) is 17.7 Å². The molecule has 0 spiro atoms. The number of benzene rings is 2. The van der Waals surface area contributed by atoms with E-state index < -0.39 is 17.6 Å². The van der Waals surface area contributed by atoms with Gasteiger partial charge in [0.2, 0.25) is 0 Å². The predicted octanol–water partition coefficient (Wildman–Crippen LogP) is 4.92. The summed E-state index contributed by atoms with van der Waals surface area (Å²) < 4.78 is 45.7. The second-order valence-electron chi connectivity index (χ2n) is 6.82. The van der Waals surface area contributed by atoms with Crippen LogP contribution < -0.4 is 10.1 Å². The van der Waals surface area contributed by atoms with Crippen molar-refractivity contribution < 1.29 is 22.7 Å². The van der Waals surface area contributed by atoms with Gasteiger partial charge < -0.3 is 10.1 Å². The van der Waals surface area contributed by atoms with E-state index in [2.05, 4.69) is 15.4 Å². The molecule has 0 saturated carbocycles. The Hall–Kier alpha value is -3.88. The molecule has 0 saturated heterocycles. The van der Waals surface area contributed by atoms with E-state index >= 15 is 0 Å². The number of halogens is 3. The molecule has 0 aliphatic rings. The maximum absolute atomic E-state index is 13.0. The first kappa shape index (κ1) is 20.4. The standard InChI is InChI=1S/C22H17F3N4O2/c1-29-20-18(12-26-29)17(11-19(28-20)13-6-8-16(31-2)9-7-13)21(30)27-15-5-3-4-14(10-15)22(23,24)25/h3-12H,1-2H3,(H,27,30). The molecule has 4 aromatic rings. The van der Waals surface area contributed by atoms with Crippen LogP contribution >= 0.6 is 0 Å². The number of hydrogen-bond donors (Lipinski definition) is 1. The van der Waals surface area contributed by atoms with Crippen molar-refractivity contribution in [3.8, 4) is 17.0 Å². The van der Waals surface area contributed by atoms with Gasteiger partial charge in [0.15, 0.2) is 5.65 Å². The number of methoxy groups -OCH3 is 1. The fourth-order valence-electron chi connectivity index (χ4n) is 3.18. The van der Waals surface area contributed by atoms with Crippen LogP contribution in [0.5, 0.6) is 5.75 Å². The fourth-order valence-corrected chi connectivity index (χ4v) is 3.18. The molecule has 9 heteroatoms. The van der Waals surface area contributed by atoms with E-state index in [-0.39, 0.29) is 11.3 Å². The van der Waals surface area contributed by atoms with E-state index in [1.165, 1.54) is 23.0 Å². The molecule has 2 heterocycles. The Morgan fingerprint density at radius 3 is 2.52 bits per heavy atom. The van der Waals surface area contributed by atoms with E-state index in [9.17, 15) is 18.0 Å². The van der Waals surface area contributed by atoms with Gasteiger partial charge in [-0.05, 0) is 48.5 Å². The van der Waals surface area contributed by atoms with Crippen molar-refractivity contribution in [1.29, 1.82) is 0 Å². The molecule has 6 nitrogen and oxygen atoms in total. The Morgan fingerprint density at radius 2 is 1.84 bits per heavy atom. The highest BCUT2D eigenvalue weighted by atomic mass is 19.4. The molecular weight excluding hydrogens is 409 g/mol. The summed E-state index contributed by atoms with van der Waals surface area (Å²) in [6.07, 6.45) is -3.00. The third kappa shape index (κ3) is 4.07. The van der Waals surface area contributed by atoms with Crippen molar-refractivity contribution in [2.75, 3.05) is 12.4 Å². The van der Waals surface area contributed by atoms with Crippen LogP contribution in [0.4, 0.5) is 18.9 Å². The topological polar surface area (TPSA) is 69.0 Å². The van der Waals surface area contributed by atoms with E-state index in [1.807, 2.05) is 0 Å². The predicted molar refractivity (Wildman–Crippen MR) is 110 cm³/mol. The molecule has 2 aromatic carbocycles. The first-order valence-corrected chi connectivity index (χ1v) is 9.22. The zero-order valence-corrected chi connectivity index (χ0v) is 16.6. The number of nitrogens with zero attached hydrogens (tertiary/aromatic N) is 3. The van der Waals surface area contributed by atoms with Gasteiger partial charge in [-0.3, -0.25) is 9.48 Å². The van der Waals surface area contributed by atoms with Gasteiger partial charge in [0, 0.05) is 18.3 Å². The largest absolute Gasteiger partial charge is 0.497 e. The van der Waals surface area contributed by atoms with Gasteiger partial charge >= 0.3 is 6.18 Å². The molecule has 158 valence electrons. The highest BCUT2D eigenvalue weighted by molar-refractivity contribution is 6.12. The number of aryl methyl sites for hydroxylation is 1. The van der Waals surface area contributed by atoms with Gasteiger partial charge in [0.05, 0.1) is 35.5 Å². The number of rotatable bonds is 4. The van der Waals surface area contributed by atoms with Crippen LogP contribution in [0.25, 0.3) is 22.3 Å². The van der Waals surface area contributed by atoms with Crippen LogP contribution in [-0.2, 0) is 13.2 Å². The van der Waals surface area contributed by atoms with Gasteiger partial charge in [-0.1, -0.05) is 6.07 Å². The molecule has 0 bridgehead atoms. The summed E-state index contributed by atoms with van der Waals surface area (Å²) in [5.41, 5.74) is 1.19. The Balaban J connectivity index is 1.75. The molecule has 4 rings (SSSR count). The maximum Gasteiger partial charge on any atom is 0.416 e. The Kier molecular flexibility index (Phi) is 5.10. The number of anilines is 1. The number of fused-ring (bicyclic) bond motifs is 1. The van der Waals surface area contributed by atoms with Crippen molar-refractivity contribution in [1.82, 2.24) is 14.8 Å². The first-order chi connectivity index (χ1) is 14.8. The maximum atomic E-state index is 13.0. The van der Waals surface area contributed by atoms with Crippen molar-refractivity contribution >= 4 is 22.6 Å². The minimum atomic E-state index is -4.50. The van der Waals surface area contributed by atoms with Gasteiger partial charge in [-0.2, -0.15) is 18.3 Å². The summed E-state index contributed by atoms with van der Waals surface area (Å²) in [6, 6.07) is 13.2. The molecule has 1 N–H and O–H groups in total. The number of carbonyl (C=O) groups is 1. The average Bonchev–Trinajstić information content (AvgIpc) is 3.13. The van der Waals surface area contributed by atoms with Gasteiger partial charge in [0.25, 0.3) is 5.91 Å². The van der Waals surface area contributed by atoms with Crippen LogP contribution in [0.3, 0.4) is 0 Å². The van der Waals surface area contributed by atoms with E-state index in [4.69, 9.17) is 4.74 Å². The van der Waals surface area contributed by atoms with Crippen LogP contribution in [0, 0.1) is 0 Å². The minimum Gasteiger partial charge on any atom is -0.497 e. The molecular formula is C22H17F3N4O2. The lowest BCUT2D eigenvalue weighted by Crippen LogP contribution is -2.14. The lowest BCUT2D eigenvalue weighted by Gasteiger charge is -2.11. The number of pyridine rings is 1. The number of hydrogen-bond acceptors (Lipinski definition) is 4. The number of aromatic nitrogens is 3. The summed E-state index contributed by atoms with van der Waals surface area (Å²) in [4.78, 5) is 17.6. The molecule has 0 fully saturated rings. The third-order valence-electron chi connectivity index (χ3n) is 4.78. The number of alkyl halides is 3. The molecule has 0 aliphatic heterocycles. The Morgan fingerprint density at radius 1 is 1.10 bits per heavy atom. The molecule has 31 heavy (non-hydrogen) atoms. The zero-order valence-electron chi connectivity index (χ0n) is 16.6. The van der Waals surface area contributed by atoms with Crippen molar-refractivity contribution in [2.45, 2.75) is 6.18 Å². The molecule has 0 aliphatic carbocycles. The van der Waals surface area contributed by atoms with E-state index in [1.54, 1.807) is 44.5 Å². The minimum absolute atomic E-state index is 0.0414. The lowest BCUT2D eigenvalue weighted by molar-refractivity contribution is -0.137. The van der Waals surface area contributed by atoms with Gasteiger partial charge in [-0.25, -0.2) is 4.98 Å². The normalized spacial score (nSPS) is 11.5. The average molecular weight is 426 g/mol. The lowest BCUT2D eigenvalue weighted by atomic mass is 10.1. The summed E-state index contributed by atoms with van der Waals surface area (Å²) in [6.45, 7) is 0. The quantitative estimate of drug-likeness (QED) is 0.503. The number of amides is 1. The van der Waals surface area contributed by atoms with Crippen molar-refractivity contribution in [2.24, 2.45) is 7.05 Å². The Bertz CT molecular complexity index is 1260. The van der Waals surface area contributed by atoms with Crippen LogP contribution in [0.15, 0.2) is 60.8 Å². The van der Waals surface area contributed by atoms with Gasteiger partial charge in [-0.15, -0.1) is 0 Å². The van der Waals surface area contributed by atoms with Crippen LogP contribution in [0.2, 0.25) is 0 Å². The summed E-state index contributed by atoms with van der Waals surface area (Å²) in [5, 5.41) is 7.20. The molecule has 1 amide bonds.